The zero-order chi connectivity index (χ0) is 14.5. The molecule has 20 heavy (non-hydrogen) atoms. The molecule has 0 saturated heterocycles. The van der Waals surface area contributed by atoms with Crippen molar-refractivity contribution in [1.29, 1.82) is 0 Å². The van der Waals surface area contributed by atoms with Crippen molar-refractivity contribution in [3.8, 4) is 0 Å². The van der Waals surface area contributed by atoms with Crippen molar-refractivity contribution < 1.29 is 14.3 Å². The molecule has 0 radical (unpaired) electrons. The van der Waals surface area contributed by atoms with E-state index in [9.17, 15) is 14.3 Å². The van der Waals surface area contributed by atoms with Crippen LogP contribution in [0.2, 0.25) is 5.02 Å². The third-order valence-corrected chi connectivity index (χ3v) is 2.81. The van der Waals surface area contributed by atoms with E-state index < -0.39 is 11.8 Å². The van der Waals surface area contributed by atoms with Crippen LogP contribution >= 0.6 is 11.6 Å². The molecule has 2 rings (SSSR count). The first-order valence-corrected chi connectivity index (χ1v) is 6.00. The minimum atomic E-state index is -1.28. The molecule has 0 aliphatic heterocycles. The maximum atomic E-state index is 13.5. The molecule has 1 N–H and O–H groups in total. The van der Waals surface area contributed by atoms with E-state index in [4.69, 9.17) is 11.6 Å². The molecule has 2 aromatic carbocycles. The maximum absolute atomic E-state index is 13.5. The largest absolute Gasteiger partial charge is 0.545 e. The van der Waals surface area contributed by atoms with Gasteiger partial charge >= 0.3 is 0 Å². The van der Waals surface area contributed by atoms with Crippen LogP contribution in [0.1, 0.15) is 15.9 Å². The van der Waals surface area contributed by atoms with Gasteiger partial charge in [0.25, 0.3) is 0 Å². The molecule has 0 aliphatic carbocycles. The van der Waals surface area contributed by atoms with Crippen molar-refractivity contribution in [2.45, 2.75) is 0 Å². The van der Waals surface area contributed by atoms with Gasteiger partial charge in [0.1, 0.15) is 5.82 Å². The molecule has 0 aromatic heterocycles. The molecule has 0 amide bonds. The summed E-state index contributed by atoms with van der Waals surface area (Å²) in [6.45, 7) is 0. The van der Waals surface area contributed by atoms with Gasteiger partial charge in [-0.2, -0.15) is 5.10 Å². The van der Waals surface area contributed by atoms with Crippen LogP contribution in [0.25, 0.3) is 0 Å². The van der Waals surface area contributed by atoms with Crippen LogP contribution in [0.5, 0.6) is 0 Å². The number of hydrazone groups is 1. The Morgan fingerprint density at radius 1 is 1.30 bits per heavy atom. The van der Waals surface area contributed by atoms with Crippen LogP contribution in [-0.2, 0) is 0 Å². The van der Waals surface area contributed by atoms with Gasteiger partial charge in [0.2, 0.25) is 0 Å². The highest BCUT2D eigenvalue weighted by atomic mass is 35.5. The SMILES string of the molecule is O=C([O-])c1cccc(N/N=C\c2c(F)cccc2Cl)c1. The van der Waals surface area contributed by atoms with Gasteiger partial charge in [-0.15, -0.1) is 0 Å². The third-order valence-electron chi connectivity index (χ3n) is 2.49. The lowest BCUT2D eigenvalue weighted by Crippen LogP contribution is -2.22. The summed E-state index contributed by atoms with van der Waals surface area (Å²) in [4.78, 5) is 10.7. The van der Waals surface area contributed by atoms with Crippen LogP contribution in [0.4, 0.5) is 10.1 Å². The second-order valence-electron chi connectivity index (χ2n) is 3.87. The molecule has 0 heterocycles. The first-order valence-electron chi connectivity index (χ1n) is 5.62. The Labute approximate surface area is 119 Å². The predicted molar refractivity (Wildman–Crippen MR) is 73.4 cm³/mol. The summed E-state index contributed by atoms with van der Waals surface area (Å²) in [6, 6.07) is 10.2. The summed E-state index contributed by atoms with van der Waals surface area (Å²) in [7, 11) is 0. The fourth-order valence-electron chi connectivity index (χ4n) is 1.52. The molecule has 0 aliphatic rings. The van der Waals surface area contributed by atoms with E-state index in [1.165, 1.54) is 30.5 Å². The van der Waals surface area contributed by atoms with Crippen molar-refractivity contribution in [3.63, 3.8) is 0 Å². The number of aromatic carboxylic acids is 1. The summed E-state index contributed by atoms with van der Waals surface area (Å²) >= 11 is 5.83. The summed E-state index contributed by atoms with van der Waals surface area (Å²) in [5, 5.41) is 14.7. The Bertz CT molecular complexity index is 654. The lowest BCUT2D eigenvalue weighted by Gasteiger charge is -2.05. The summed E-state index contributed by atoms with van der Waals surface area (Å²) in [5.74, 6) is -1.78. The number of rotatable bonds is 4. The lowest BCUT2D eigenvalue weighted by molar-refractivity contribution is -0.255. The molecule has 0 bridgehead atoms. The standard InChI is InChI=1S/C14H10ClFN2O2/c15-12-5-2-6-13(16)11(12)8-17-18-10-4-1-3-9(7-10)14(19)20/h1-8,18H,(H,19,20)/p-1/b17-8-. The van der Waals surface area contributed by atoms with Crippen LogP contribution < -0.4 is 10.5 Å². The normalized spacial score (nSPS) is 10.7. The predicted octanol–water partition coefficient (Wildman–Crippen LogP) is 2.29. The molecule has 0 fully saturated rings. The van der Waals surface area contributed by atoms with Gasteiger partial charge in [-0.3, -0.25) is 5.43 Å². The van der Waals surface area contributed by atoms with Gasteiger partial charge in [-0.1, -0.05) is 29.8 Å². The van der Waals surface area contributed by atoms with E-state index in [1.807, 2.05) is 0 Å². The number of halogens is 2. The van der Waals surface area contributed by atoms with E-state index in [2.05, 4.69) is 10.5 Å². The number of carboxylic acids is 1. The van der Waals surface area contributed by atoms with Crippen molar-refractivity contribution in [2.24, 2.45) is 5.10 Å². The topological polar surface area (TPSA) is 64.5 Å². The van der Waals surface area contributed by atoms with Crippen LogP contribution in [0, 0.1) is 5.82 Å². The number of hydrogen-bond acceptors (Lipinski definition) is 4. The maximum Gasteiger partial charge on any atom is 0.133 e. The number of nitrogens with zero attached hydrogens (tertiary/aromatic N) is 1. The number of nitrogens with one attached hydrogen (secondary N) is 1. The molecule has 2 aromatic rings. The molecule has 0 unspecified atom stereocenters. The third kappa shape index (κ3) is 3.33. The van der Waals surface area contributed by atoms with Crippen molar-refractivity contribution in [3.05, 3.63) is 64.4 Å². The Morgan fingerprint density at radius 3 is 2.75 bits per heavy atom. The minimum absolute atomic E-state index is 0.0223. The summed E-state index contributed by atoms with van der Waals surface area (Å²) in [5.41, 5.74) is 3.21. The second kappa shape index (κ2) is 6.16. The van der Waals surface area contributed by atoms with Gasteiger partial charge in [0.05, 0.1) is 22.9 Å². The minimum Gasteiger partial charge on any atom is -0.545 e. The van der Waals surface area contributed by atoms with Gasteiger partial charge in [0, 0.05) is 5.56 Å². The van der Waals surface area contributed by atoms with Gasteiger partial charge in [-0.05, 0) is 29.8 Å². The molecule has 102 valence electrons. The number of hydrogen-bond donors (Lipinski definition) is 1. The first-order chi connectivity index (χ1) is 9.58. The Morgan fingerprint density at radius 2 is 2.05 bits per heavy atom. The second-order valence-corrected chi connectivity index (χ2v) is 4.28. The molecule has 0 atom stereocenters. The average Bonchev–Trinajstić information content (AvgIpc) is 2.42. The highest BCUT2D eigenvalue weighted by Crippen LogP contribution is 2.17. The number of carboxylic acid groups (broad SMARTS) is 1. The van der Waals surface area contributed by atoms with Crippen LogP contribution in [0.3, 0.4) is 0 Å². The molecule has 0 spiro atoms. The molecular weight excluding hydrogens is 283 g/mol. The van der Waals surface area contributed by atoms with E-state index >= 15 is 0 Å². The quantitative estimate of drug-likeness (QED) is 0.694. The molecule has 0 saturated carbocycles. The average molecular weight is 292 g/mol. The van der Waals surface area contributed by atoms with E-state index in [-0.39, 0.29) is 16.1 Å². The number of carbonyl (C=O) groups is 1. The number of anilines is 1. The molecular formula is C14H9ClFN2O2-. The highest BCUT2D eigenvalue weighted by Gasteiger charge is 2.03. The van der Waals surface area contributed by atoms with Crippen molar-refractivity contribution >= 4 is 29.5 Å². The first kappa shape index (κ1) is 14.0. The number of carbonyl (C=O) groups excluding carboxylic acids is 1. The van der Waals surface area contributed by atoms with Gasteiger partial charge in [-0.25, -0.2) is 4.39 Å². The smallest absolute Gasteiger partial charge is 0.133 e. The zero-order valence-corrected chi connectivity index (χ0v) is 10.9. The zero-order valence-electron chi connectivity index (χ0n) is 10.1. The van der Waals surface area contributed by atoms with E-state index in [0.29, 0.717) is 5.69 Å². The van der Waals surface area contributed by atoms with E-state index in [0.717, 1.165) is 0 Å². The molecule has 6 heteroatoms. The van der Waals surface area contributed by atoms with Crippen LogP contribution in [-0.4, -0.2) is 12.2 Å². The van der Waals surface area contributed by atoms with Crippen molar-refractivity contribution in [2.75, 3.05) is 5.43 Å². The summed E-state index contributed by atoms with van der Waals surface area (Å²) in [6.07, 6.45) is 1.23. The van der Waals surface area contributed by atoms with Crippen molar-refractivity contribution in [1.82, 2.24) is 0 Å². The van der Waals surface area contributed by atoms with Gasteiger partial charge in [0.15, 0.2) is 0 Å². The highest BCUT2D eigenvalue weighted by molar-refractivity contribution is 6.33. The Balaban J connectivity index is 2.14. The summed E-state index contributed by atoms with van der Waals surface area (Å²) < 4.78 is 13.5. The van der Waals surface area contributed by atoms with E-state index in [1.54, 1.807) is 18.2 Å². The molecule has 4 nitrogen and oxygen atoms in total. The van der Waals surface area contributed by atoms with Gasteiger partial charge < -0.3 is 9.90 Å². The fraction of sp³-hybridized carbons (Fsp3) is 0. The van der Waals surface area contributed by atoms with Crippen LogP contribution in [0.15, 0.2) is 47.6 Å². The number of benzene rings is 2. The fourth-order valence-corrected chi connectivity index (χ4v) is 1.73. The Kier molecular flexibility index (Phi) is 4.32. The lowest BCUT2D eigenvalue weighted by atomic mass is 10.2. The monoisotopic (exact) mass is 291 g/mol. The Hall–Kier alpha value is -2.40.